The van der Waals surface area contributed by atoms with E-state index in [9.17, 15) is 18.0 Å². The highest BCUT2D eigenvalue weighted by Gasteiger charge is 2.14. The van der Waals surface area contributed by atoms with Gasteiger partial charge in [-0.3, -0.25) is 9.59 Å². The number of sulfonamides is 1. The molecule has 0 spiro atoms. The maximum Gasteiger partial charge on any atom is 0.272 e. The predicted octanol–water partition coefficient (Wildman–Crippen LogP) is -1.06. The average molecular weight is 296 g/mol. The van der Waals surface area contributed by atoms with Gasteiger partial charge in [-0.2, -0.15) is 5.10 Å². The fourth-order valence-electron chi connectivity index (χ4n) is 1.68. The van der Waals surface area contributed by atoms with E-state index >= 15 is 0 Å². The minimum absolute atomic E-state index is 0.0228. The highest BCUT2D eigenvalue weighted by molar-refractivity contribution is 7.89. The van der Waals surface area contributed by atoms with Gasteiger partial charge in [0.25, 0.3) is 11.5 Å². The second-order valence-corrected chi connectivity index (χ2v) is 5.80. The van der Waals surface area contributed by atoms with Gasteiger partial charge in [0.15, 0.2) is 5.69 Å². The molecule has 1 amide bonds. The van der Waals surface area contributed by atoms with Gasteiger partial charge < -0.3 is 5.32 Å². The van der Waals surface area contributed by atoms with Crippen molar-refractivity contribution >= 4 is 26.7 Å². The molecule has 1 aromatic carbocycles. The van der Waals surface area contributed by atoms with Crippen LogP contribution < -0.4 is 16.0 Å². The van der Waals surface area contributed by atoms with E-state index in [1.807, 2.05) is 0 Å². The molecule has 4 N–H and O–H groups in total. The molecule has 0 saturated carbocycles. The summed E-state index contributed by atoms with van der Waals surface area (Å²) in [5.41, 5.74) is -0.378. The maximum atomic E-state index is 11.9. The van der Waals surface area contributed by atoms with Crippen molar-refractivity contribution in [3.8, 4) is 0 Å². The number of amides is 1. The number of hydrogen-bond acceptors (Lipinski definition) is 5. The number of nitrogens with one attached hydrogen (secondary N) is 2. The van der Waals surface area contributed by atoms with Crippen molar-refractivity contribution in [1.82, 2.24) is 15.5 Å². The number of nitrogens with zero attached hydrogens (tertiary/aromatic N) is 1. The molecule has 2 rings (SSSR count). The van der Waals surface area contributed by atoms with Crippen LogP contribution in [0, 0.1) is 0 Å². The molecule has 0 aliphatic rings. The molecule has 0 atom stereocenters. The lowest BCUT2D eigenvalue weighted by Crippen LogP contribution is -2.32. The Morgan fingerprint density at radius 3 is 2.60 bits per heavy atom. The minimum Gasteiger partial charge on any atom is -0.350 e. The molecule has 0 aliphatic carbocycles. The first-order chi connectivity index (χ1) is 9.38. The molecule has 1 heterocycles. The van der Waals surface area contributed by atoms with Crippen molar-refractivity contribution in [2.75, 3.05) is 12.3 Å². The van der Waals surface area contributed by atoms with Crippen LogP contribution >= 0.6 is 0 Å². The molecule has 0 fully saturated rings. The molecule has 20 heavy (non-hydrogen) atoms. The maximum absolute atomic E-state index is 11.9. The van der Waals surface area contributed by atoms with Gasteiger partial charge in [-0.25, -0.2) is 18.7 Å². The van der Waals surface area contributed by atoms with Gasteiger partial charge in [-0.15, -0.1) is 0 Å². The van der Waals surface area contributed by atoms with Crippen molar-refractivity contribution in [3.05, 3.63) is 40.3 Å². The molecule has 0 saturated heterocycles. The Morgan fingerprint density at radius 2 is 1.95 bits per heavy atom. The van der Waals surface area contributed by atoms with E-state index in [0.717, 1.165) is 0 Å². The molecule has 9 heteroatoms. The fraction of sp³-hybridized carbons (Fsp3) is 0.182. The Labute approximate surface area is 114 Å². The van der Waals surface area contributed by atoms with E-state index in [2.05, 4.69) is 15.5 Å². The van der Waals surface area contributed by atoms with Gasteiger partial charge >= 0.3 is 0 Å². The number of aromatic amines is 1. The quantitative estimate of drug-likeness (QED) is 0.661. The Morgan fingerprint density at radius 1 is 1.30 bits per heavy atom. The number of carbonyl (C=O) groups is 1. The van der Waals surface area contributed by atoms with Crippen molar-refractivity contribution in [3.63, 3.8) is 0 Å². The van der Waals surface area contributed by atoms with E-state index < -0.39 is 21.5 Å². The molecule has 2 aromatic rings. The minimum atomic E-state index is -3.64. The smallest absolute Gasteiger partial charge is 0.272 e. The Balaban J connectivity index is 2.27. The Bertz CT molecular complexity index is 813. The zero-order valence-corrected chi connectivity index (χ0v) is 11.1. The number of rotatable bonds is 4. The zero-order valence-electron chi connectivity index (χ0n) is 10.3. The average Bonchev–Trinajstić information content (AvgIpc) is 2.38. The topological polar surface area (TPSA) is 135 Å². The Kier molecular flexibility index (Phi) is 3.81. The molecular formula is C11H12N4O4S. The normalized spacial score (nSPS) is 11.4. The monoisotopic (exact) mass is 296 g/mol. The molecule has 8 nitrogen and oxygen atoms in total. The van der Waals surface area contributed by atoms with E-state index in [-0.39, 0.29) is 18.0 Å². The molecule has 0 radical (unpaired) electrons. The molecule has 1 aromatic heterocycles. The standard InChI is InChI=1S/C11H12N4O4S/c12-20(18,19)6-5-13-11(17)9-7-3-1-2-4-8(7)10(16)15-14-9/h1-4H,5-6H2,(H,13,17)(H,15,16)(H2,12,18,19). The van der Waals surface area contributed by atoms with Gasteiger partial charge in [-0.1, -0.05) is 18.2 Å². The summed E-state index contributed by atoms with van der Waals surface area (Å²) in [7, 11) is -3.64. The first-order valence-corrected chi connectivity index (χ1v) is 7.36. The number of benzene rings is 1. The van der Waals surface area contributed by atoms with Crippen LogP contribution in [-0.2, 0) is 10.0 Å². The largest absolute Gasteiger partial charge is 0.350 e. The van der Waals surface area contributed by atoms with Crippen LogP contribution in [-0.4, -0.2) is 36.8 Å². The summed E-state index contributed by atoms with van der Waals surface area (Å²) in [6.07, 6.45) is 0. The number of fused-ring (bicyclic) bond motifs is 1. The van der Waals surface area contributed by atoms with E-state index in [4.69, 9.17) is 5.14 Å². The summed E-state index contributed by atoms with van der Waals surface area (Å²) < 4.78 is 21.5. The molecule has 0 unspecified atom stereocenters. The van der Waals surface area contributed by atoms with Crippen LogP contribution in [0.2, 0.25) is 0 Å². The van der Waals surface area contributed by atoms with Crippen LogP contribution in [0.1, 0.15) is 10.5 Å². The highest BCUT2D eigenvalue weighted by Crippen LogP contribution is 2.11. The lowest BCUT2D eigenvalue weighted by molar-refractivity contribution is 0.0952. The van der Waals surface area contributed by atoms with Crippen molar-refractivity contribution in [2.24, 2.45) is 5.14 Å². The lowest BCUT2D eigenvalue weighted by Gasteiger charge is -2.05. The number of nitrogens with two attached hydrogens (primary N) is 1. The van der Waals surface area contributed by atoms with Gasteiger partial charge in [0.05, 0.1) is 11.1 Å². The van der Waals surface area contributed by atoms with E-state index in [1.54, 1.807) is 24.3 Å². The van der Waals surface area contributed by atoms with Crippen LogP contribution in [0.4, 0.5) is 0 Å². The van der Waals surface area contributed by atoms with Crippen LogP contribution in [0.3, 0.4) is 0 Å². The third-order valence-electron chi connectivity index (χ3n) is 2.58. The van der Waals surface area contributed by atoms with Gasteiger partial charge in [0.1, 0.15) is 0 Å². The summed E-state index contributed by atoms with van der Waals surface area (Å²) in [6, 6.07) is 6.49. The highest BCUT2D eigenvalue weighted by atomic mass is 32.2. The van der Waals surface area contributed by atoms with Crippen LogP contribution in [0.15, 0.2) is 29.1 Å². The third-order valence-corrected chi connectivity index (χ3v) is 3.36. The summed E-state index contributed by atoms with van der Waals surface area (Å²) in [6.45, 7) is -0.132. The summed E-state index contributed by atoms with van der Waals surface area (Å²) >= 11 is 0. The molecule has 0 aliphatic heterocycles. The summed E-state index contributed by atoms with van der Waals surface area (Å²) in [5.74, 6) is -0.957. The van der Waals surface area contributed by atoms with Crippen LogP contribution in [0.5, 0.6) is 0 Å². The second-order valence-electron chi connectivity index (χ2n) is 4.07. The zero-order chi connectivity index (χ0) is 14.8. The van der Waals surface area contributed by atoms with Crippen molar-refractivity contribution in [2.45, 2.75) is 0 Å². The van der Waals surface area contributed by atoms with Crippen LogP contribution in [0.25, 0.3) is 10.8 Å². The fourth-order valence-corrected chi connectivity index (χ4v) is 2.06. The first-order valence-electron chi connectivity index (χ1n) is 5.64. The second kappa shape index (κ2) is 5.39. The molecular weight excluding hydrogens is 284 g/mol. The SMILES string of the molecule is NS(=O)(=O)CCNC(=O)c1n[nH]c(=O)c2ccccc12. The lowest BCUT2D eigenvalue weighted by atomic mass is 10.1. The first kappa shape index (κ1) is 14.2. The van der Waals surface area contributed by atoms with Gasteiger partial charge in [-0.05, 0) is 6.07 Å². The number of H-pyrrole nitrogens is 1. The van der Waals surface area contributed by atoms with Gasteiger partial charge in [0.2, 0.25) is 10.0 Å². The molecule has 106 valence electrons. The van der Waals surface area contributed by atoms with Gasteiger partial charge in [0, 0.05) is 11.9 Å². The number of aromatic nitrogens is 2. The van der Waals surface area contributed by atoms with E-state index in [1.165, 1.54) is 0 Å². The van der Waals surface area contributed by atoms with Crippen molar-refractivity contribution < 1.29 is 13.2 Å². The predicted molar refractivity (Wildman–Crippen MR) is 72.7 cm³/mol. The Hall–Kier alpha value is -2.26. The molecule has 0 bridgehead atoms. The van der Waals surface area contributed by atoms with Crippen molar-refractivity contribution in [1.29, 1.82) is 0 Å². The summed E-state index contributed by atoms with van der Waals surface area (Å²) in [4.78, 5) is 23.5. The number of hydrogen-bond donors (Lipinski definition) is 3. The van der Waals surface area contributed by atoms with E-state index in [0.29, 0.717) is 10.8 Å². The third kappa shape index (κ3) is 3.19. The summed E-state index contributed by atoms with van der Waals surface area (Å²) in [5, 5.41) is 13.9. The number of primary sulfonamides is 1. The number of carbonyl (C=O) groups excluding carboxylic acids is 1.